The zero-order valence-corrected chi connectivity index (χ0v) is 20.7. The lowest BCUT2D eigenvalue weighted by Crippen LogP contribution is -2.18. The van der Waals surface area contributed by atoms with Crippen LogP contribution in [-0.4, -0.2) is 43.9 Å². The Morgan fingerprint density at radius 1 is 1.28 bits per heavy atom. The van der Waals surface area contributed by atoms with Gasteiger partial charge in [0.15, 0.2) is 0 Å². The molecule has 0 saturated heterocycles. The van der Waals surface area contributed by atoms with E-state index < -0.39 is 11.6 Å². The minimum atomic E-state index is -0.783. The second-order valence-corrected chi connectivity index (χ2v) is 8.74. The maximum atomic E-state index is 11.4. The summed E-state index contributed by atoms with van der Waals surface area (Å²) in [5, 5.41) is 12.3. The Morgan fingerprint density at radius 2 is 1.91 bits per heavy atom. The summed E-state index contributed by atoms with van der Waals surface area (Å²) >= 11 is 1.52. The number of aliphatic imine (C=N–C) groups is 1. The summed E-state index contributed by atoms with van der Waals surface area (Å²) in [6.45, 7) is 17.2. The lowest BCUT2D eigenvalue weighted by molar-refractivity contribution is -0.0980. The van der Waals surface area contributed by atoms with Gasteiger partial charge in [0.25, 0.3) is 0 Å². The fraction of sp³-hybridized carbons (Fsp3) is 0.458. The Hall–Kier alpha value is -2.42. The fourth-order valence-electron chi connectivity index (χ4n) is 3.06. The molecule has 0 aromatic heterocycles. The second-order valence-electron chi connectivity index (χ2n) is 7.40. The first kappa shape index (κ1) is 29.6. The van der Waals surface area contributed by atoms with Gasteiger partial charge < -0.3 is 25.7 Å². The van der Waals surface area contributed by atoms with Crippen molar-refractivity contribution < 1.29 is 19.4 Å². The molecule has 2 amide bonds. The summed E-state index contributed by atoms with van der Waals surface area (Å²) in [6, 6.07) is 1.81. The second kappa shape index (κ2) is 14.6. The summed E-state index contributed by atoms with van der Waals surface area (Å²) in [4.78, 5) is 24.7. The number of fused-ring (bicyclic) bond motifs is 2. The number of hydrogen-bond donors (Lipinski definition) is 3. The topological polar surface area (TPSA) is 114 Å². The van der Waals surface area contributed by atoms with Gasteiger partial charge in [-0.05, 0) is 82.3 Å². The van der Waals surface area contributed by atoms with E-state index in [4.69, 9.17) is 9.53 Å². The number of aliphatic hydroxyl groups is 1. The number of carbonyl (C=O) groups excluding carboxylic acids is 2. The van der Waals surface area contributed by atoms with E-state index >= 15 is 0 Å². The van der Waals surface area contributed by atoms with Crippen molar-refractivity contribution in [3.05, 3.63) is 45.2 Å². The zero-order valence-electron chi connectivity index (χ0n) is 19.9. The van der Waals surface area contributed by atoms with E-state index in [0.717, 1.165) is 46.9 Å². The molecule has 0 saturated carbocycles. The fourth-order valence-corrected chi connectivity index (χ4v) is 3.81. The van der Waals surface area contributed by atoms with E-state index in [2.05, 4.69) is 35.4 Å². The molecule has 1 aromatic carbocycles. The summed E-state index contributed by atoms with van der Waals surface area (Å²) < 4.78 is 5.62. The number of anilines is 1. The summed E-state index contributed by atoms with van der Waals surface area (Å²) in [5.74, 6) is 0.836. The van der Waals surface area contributed by atoms with Crippen molar-refractivity contribution in [1.82, 2.24) is 0 Å². The van der Waals surface area contributed by atoms with E-state index in [-0.39, 0.29) is 0 Å². The molecule has 3 rings (SSSR count). The molecular weight excluding hydrogens is 426 g/mol. The number of hydrogen-bond acceptors (Lipinski definition) is 6. The van der Waals surface area contributed by atoms with Crippen LogP contribution in [0.3, 0.4) is 0 Å². The summed E-state index contributed by atoms with van der Waals surface area (Å²) in [7, 11) is 1.50. The van der Waals surface area contributed by atoms with Crippen molar-refractivity contribution in [3.63, 3.8) is 0 Å². The third kappa shape index (κ3) is 8.61. The Kier molecular flexibility index (Phi) is 13.5. The normalized spacial score (nSPS) is 13.4. The van der Waals surface area contributed by atoms with Gasteiger partial charge in [0.1, 0.15) is 12.5 Å². The number of urea groups is 1. The number of nitrogens with two attached hydrogens (primary N) is 1. The highest BCUT2D eigenvalue weighted by molar-refractivity contribution is 8.06. The number of carbonyl (C=O) groups is 2. The molecule has 0 fully saturated rings. The van der Waals surface area contributed by atoms with Gasteiger partial charge >= 0.3 is 6.03 Å². The Balaban J connectivity index is 0.000000561. The maximum Gasteiger partial charge on any atom is 0.344 e. The average Bonchev–Trinajstić information content (AvgIpc) is 3.45. The zero-order chi connectivity index (χ0) is 24.9. The molecule has 32 heavy (non-hydrogen) atoms. The third-order valence-electron chi connectivity index (χ3n) is 4.80. The van der Waals surface area contributed by atoms with Crippen LogP contribution < -0.4 is 15.8 Å². The van der Waals surface area contributed by atoms with Crippen LogP contribution in [-0.2, 0) is 24.1 Å². The molecule has 178 valence electrons. The molecule has 8 heteroatoms. The molecule has 0 atom stereocenters. The van der Waals surface area contributed by atoms with E-state index in [1.165, 1.54) is 35.5 Å². The molecule has 2 aliphatic rings. The SMILES string of the molecule is C=C(S/C(C)=C\C)C(C)(C)O.C=NC(=O)Nc1c2c(cc3c1OCC3)CCC2.C=O.CN. The van der Waals surface area contributed by atoms with Gasteiger partial charge in [0.2, 0.25) is 0 Å². The predicted octanol–water partition coefficient (Wildman–Crippen LogP) is 4.66. The lowest BCUT2D eigenvalue weighted by atomic mass is 10.0. The minimum absolute atomic E-state index is 0.414. The van der Waals surface area contributed by atoms with Crippen LogP contribution in [0.15, 0.2) is 33.5 Å². The van der Waals surface area contributed by atoms with Gasteiger partial charge in [-0.2, -0.15) is 0 Å². The van der Waals surface area contributed by atoms with Gasteiger partial charge in [-0.3, -0.25) is 0 Å². The first-order valence-corrected chi connectivity index (χ1v) is 11.2. The molecule has 1 aromatic rings. The van der Waals surface area contributed by atoms with Gasteiger partial charge in [0.05, 0.1) is 17.9 Å². The lowest BCUT2D eigenvalue weighted by Gasteiger charge is -2.19. The van der Waals surface area contributed by atoms with Crippen LogP contribution in [0.2, 0.25) is 0 Å². The molecule has 1 heterocycles. The smallest absolute Gasteiger partial charge is 0.344 e. The molecule has 0 bridgehead atoms. The molecule has 7 nitrogen and oxygen atoms in total. The van der Waals surface area contributed by atoms with Gasteiger partial charge in [-0.15, -0.1) is 0 Å². The highest BCUT2D eigenvalue weighted by Crippen LogP contribution is 2.42. The number of allylic oxidation sites excluding steroid dienone is 2. The van der Waals surface area contributed by atoms with Gasteiger partial charge in [0, 0.05) is 11.3 Å². The van der Waals surface area contributed by atoms with Gasteiger partial charge in [-0.1, -0.05) is 30.5 Å². The highest BCUT2D eigenvalue weighted by Gasteiger charge is 2.26. The number of amides is 2. The third-order valence-corrected chi connectivity index (χ3v) is 6.10. The van der Waals surface area contributed by atoms with Crippen LogP contribution in [0.25, 0.3) is 0 Å². The number of thioether (sulfide) groups is 1. The first-order valence-electron chi connectivity index (χ1n) is 10.3. The van der Waals surface area contributed by atoms with Gasteiger partial charge in [-0.25, -0.2) is 9.79 Å². The number of benzene rings is 1. The highest BCUT2D eigenvalue weighted by atomic mass is 32.2. The molecule has 4 N–H and O–H groups in total. The van der Waals surface area contributed by atoms with Crippen molar-refractivity contribution in [1.29, 1.82) is 0 Å². The number of rotatable bonds is 4. The molecule has 1 aliphatic carbocycles. The molecule has 0 radical (unpaired) electrons. The number of nitrogens with zero attached hydrogens (tertiary/aromatic N) is 1. The Labute approximate surface area is 196 Å². The van der Waals surface area contributed by atoms with E-state index in [0.29, 0.717) is 6.61 Å². The quantitative estimate of drug-likeness (QED) is 0.560. The summed E-state index contributed by atoms with van der Waals surface area (Å²) in [6.07, 6.45) is 6.16. The molecular formula is C24H37N3O4S. The Morgan fingerprint density at radius 3 is 2.44 bits per heavy atom. The first-order chi connectivity index (χ1) is 15.2. The molecule has 0 spiro atoms. The van der Waals surface area contributed by atoms with E-state index in [1.807, 2.05) is 26.7 Å². The van der Waals surface area contributed by atoms with E-state index in [9.17, 15) is 9.90 Å². The van der Waals surface area contributed by atoms with Crippen LogP contribution in [0, 0.1) is 0 Å². The maximum absolute atomic E-state index is 11.4. The largest absolute Gasteiger partial charge is 0.491 e. The molecule has 0 unspecified atom stereocenters. The monoisotopic (exact) mass is 463 g/mol. The predicted molar refractivity (Wildman–Crippen MR) is 136 cm³/mol. The van der Waals surface area contributed by atoms with Crippen molar-refractivity contribution in [3.8, 4) is 5.75 Å². The van der Waals surface area contributed by atoms with Crippen LogP contribution in [0.5, 0.6) is 5.75 Å². The van der Waals surface area contributed by atoms with Crippen molar-refractivity contribution >= 4 is 37.0 Å². The average molecular weight is 464 g/mol. The molecule has 1 aliphatic heterocycles. The van der Waals surface area contributed by atoms with Crippen molar-refractivity contribution in [2.45, 2.75) is 59.0 Å². The number of nitrogens with one attached hydrogen (secondary N) is 1. The minimum Gasteiger partial charge on any atom is -0.491 e. The van der Waals surface area contributed by atoms with Crippen molar-refractivity contribution in [2.24, 2.45) is 10.7 Å². The van der Waals surface area contributed by atoms with Crippen LogP contribution >= 0.6 is 11.8 Å². The number of ether oxygens (including phenoxy) is 1. The summed E-state index contributed by atoms with van der Waals surface area (Å²) in [5.41, 5.74) is 8.29. The van der Waals surface area contributed by atoms with Crippen molar-refractivity contribution in [2.75, 3.05) is 19.0 Å². The Bertz CT molecular complexity index is 797. The van der Waals surface area contributed by atoms with E-state index in [1.54, 1.807) is 13.8 Å². The standard InChI is InChI=1S/C13H14N2O2.C9H16OS.CH5N.CH2O/c1-14-13(16)15-11-10-4-2-3-8(10)7-9-5-6-17-12(9)11;1-6-7(2)11-8(3)9(4,5)10;2*1-2/h7H,1-6H2,(H,15,16);6,10H,3H2,1-2,4-5H3;2H2,1H3;1H2/b;7-6-;;. The van der Waals surface area contributed by atoms with Crippen LogP contribution in [0.4, 0.5) is 10.5 Å². The van der Waals surface area contributed by atoms with Crippen LogP contribution in [0.1, 0.15) is 50.8 Å². The number of aryl methyl sites for hydroxylation is 1.